The summed E-state index contributed by atoms with van der Waals surface area (Å²) in [6, 6.07) is 9.25. The van der Waals surface area contributed by atoms with Crippen LogP contribution in [0.3, 0.4) is 0 Å². The number of carboxylic acid groups (broad SMARTS) is 1. The van der Waals surface area contributed by atoms with Crippen LogP contribution in [0.25, 0.3) is 0 Å². The molecule has 0 saturated carbocycles. The van der Waals surface area contributed by atoms with Gasteiger partial charge in [0.2, 0.25) is 11.2 Å². The molecule has 1 aromatic carbocycles. The largest absolute Gasteiger partial charge is 0.501 e. The summed E-state index contributed by atoms with van der Waals surface area (Å²) in [5.41, 5.74) is -0.247. The molecule has 154 valence electrons. The van der Waals surface area contributed by atoms with Crippen molar-refractivity contribution in [3.05, 3.63) is 63.7 Å². The van der Waals surface area contributed by atoms with Gasteiger partial charge >= 0.3 is 12.1 Å². The van der Waals surface area contributed by atoms with E-state index in [9.17, 15) is 24.3 Å². The molecule has 2 aromatic rings. The summed E-state index contributed by atoms with van der Waals surface area (Å²) < 4.78 is 10.0. The summed E-state index contributed by atoms with van der Waals surface area (Å²) in [5.74, 6) is -5.30. The second-order valence-corrected chi connectivity index (χ2v) is 6.17. The highest BCUT2D eigenvalue weighted by Crippen LogP contribution is 2.16. The Labute approximate surface area is 165 Å². The van der Waals surface area contributed by atoms with Gasteiger partial charge in [0.05, 0.1) is 0 Å². The lowest BCUT2D eigenvalue weighted by molar-refractivity contribution is 0.0648. The van der Waals surface area contributed by atoms with Crippen molar-refractivity contribution < 1.29 is 33.8 Å². The first kappa shape index (κ1) is 21.5. The van der Waals surface area contributed by atoms with E-state index in [1.807, 2.05) is 30.3 Å². The number of ether oxygens (including phenoxy) is 1. The van der Waals surface area contributed by atoms with Crippen molar-refractivity contribution in [1.29, 1.82) is 0 Å². The maximum atomic E-state index is 12.1. The van der Waals surface area contributed by atoms with Crippen LogP contribution in [0.15, 0.2) is 45.6 Å². The van der Waals surface area contributed by atoms with Crippen LogP contribution in [0.5, 0.6) is 5.75 Å². The molecule has 2 rings (SSSR count). The maximum absolute atomic E-state index is 12.1. The smallest absolute Gasteiger partial charge is 0.408 e. The molecule has 0 bridgehead atoms. The zero-order valence-electron chi connectivity index (χ0n) is 15.7. The number of hydrogen-bond donors (Lipinski definition) is 4. The quantitative estimate of drug-likeness (QED) is 0.543. The monoisotopic (exact) mass is 404 g/mol. The highest BCUT2D eigenvalue weighted by molar-refractivity contribution is 5.93. The Morgan fingerprint density at radius 2 is 1.83 bits per heavy atom. The van der Waals surface area contributed by atoms with Crippen molar-refractivity contribution in [1.82, 2.24) is 10.6 Å². The van der Waals surface area contributed by atoms with Gasteiger partial charge < -0.3 is 30.0 Å². The highest BCUT2D eigenvalue weighted by Gasteiger charge is 2.21. The number of carbonyl (C=O) groups is 3. The molecule has 0 aliphatic rings. The van der Waals surface area contributed by atoms with Gasteiger partial charge in [-0.3, -0.25) is 9.59 Å². The molecular formula is C19H20N2O8. The molecule has 0 aliphatic carbocycles. The number of carboxylic acids is 1. The summed E-state index contributed by atoms with van der Waals surface area (Å²) in [5, 5.41) is 23.2. The second kappa shape index (κ2) is 9.40. The minimum atomic E-state index is -1.69. The van der Waals surface area contributed by atoms with Crippen molar-refractivity contribution in [2.45, 2.75) is 26.0 Å². The third kappa shape index (κ3) is 5.83. The number of amides is 2. The van der Waals surface area contributed by atoms with E-state index in [4.69, 9.17) is 14.3 Å². The van der Waals surface area contributed by atoms with Crippen LogP contribution < -0.4 is 16.1 Å². The highest BCUT2D eigenvalue weighted by atomic mass is 16.6. The molecule has 2 atom stereocenters. The van der Waals surface area contributed by atoms with Crippen LogP contribution in [0.2, 0.25) is 0 Å². The average Bonchev–Trinajstić information content (AvgIpc) is 2.68. The summed E-state index contributed by atoms with van der Waals surface area (Å²) >= 11 is 0. The van der Waals surface area contributed by atoms with Gasteiger partial charge in [0, 0.05) is 18.7 Å². The van der Waals surface area contributed by atoms with Gasteiger partial charge in [-0.05, 0) is 19.4 Å². The molecule has 4 N–H and O–H groups in total. The number of benzene rings is 1. The Morgan fingerprint density at radius 3 is 2.45 bits per heavy atom. The predicted octanol–water partition coefficient (Wildman–Crippen LogP) is 1.65. The molecule has 0 aliphatic heterocycles. The number of alkyl carbamates (subject to hydrolysis) is 1. The molecule has 0 fully saturated rings. The van der Waals surface area contributed by atoms with Gasteiger partial charge in [0.25, 0.3) is 11.7 Å². The molecule has 1 aromatic heterocycles. The minimum Gasteiger partial charge on any atom is -0.501 e. The fourth-order valence-corrected chi connectivity index (χ4v) is 2.32. The summed E-state index contributed by atoms with van der Waals surface area (Å²) in [6.07, 6.45) is -1.16. The lowest BCUT2D eigenvalue weighted by Gasteiger charge is -2.18. The lowest BCUT2D eigenvalue weighted by Crippen LogP contribution is -2.42. The zero-order chi connectivity index (χ0) is 21.6. The molecule has 0 saturated heterocycles. The van der Waals surface area contributed by atoms with Crippen molar-refractivity contribution in [2.24, 2.45) is 0 Å². The van der Waals surface area contributed by atoms with Crippen LogP contribution in [0, 0.1) is 0 Å². The maximum Gasteiger partial charge on any atom is 0.408 e. The number of rotatable bonds is 7. The molecule has 29 heavy (non-hydrogen) atoms. The van der Waals surface area contributed by atoms with Gasteiger partial charge in [0.15, 0.2) is 5.76 Å². The van der Waals surface area contributed by atoms with Gasteiger partial charge in [-0.25, -0.2) is 9.59 Å². The fourth-order valence-electron chi connectivity index (χ4n) is 2.32. The predicted molar refractivity (Wildman–Crippen MR) is 99.9 cm³/mol. The Bertz CT molecular complexity index is 954. The van der Waals surface area contributed by atoms with Crippen LogP contribution in [-0.2, 0) is 4.74 Å². The van der Waals surface area contributed by atoms with Crippen LogP contribution in [-0.4, -0.2) is 40.8 Å². The number of aromatic carboxylic acids is 1. The van der Waals surface area contributed by atoms with Crippen molar-refractivity contribution in [3.8, 4) is 5.75 Å². The molecule has 0 radical (unpaired) electrons. The van der Waals surface area contributed by atoms with E-state index in [0.717, 1.165) is 5.56 Å². The molecule has 1 heterocycles. The third-order valence-electron chi connectivity index (χ3n) is 3.83. The minimum absolute atomic E-state index is 0.0549. The first-order valence-electron chi connectivity index (χ1n) is 8.59. The van der Waals surface area contributed by atoms with E-state index in [-0.39, 0.29) is 6.54 Å². The van der Waals surface area contributed by atoms with E-state index in [1.165, 1.54) is 0 Å². The molecule has 10 nitrogen and oxygen atoms in total. The van der Waals surface area contributed by atoms with Crippen molar-refractivity contribution in [2.75, 3.05) is 6.54 Å². The summed E-state index contributed by atoms with van der Waals surface area (Å²) in [7, 11) is 0. The second-order valence-electron chi connectivity index (χ2n) is 6.17. The molecule has 0 unspecified atom stereocenters. The summed E-state index contributed by atoms with van der Waals surface area (Å²) in [4.78, 5) is 46.5. The van der Waals surface area contributed by atoms with Crippen LogP contribution in [0.4, 0.5) is 4.79 Å². The topological polar surface area (TPSA) is 155 Å². The first-order chi connectivity index (χ1) is 13.7. The van der Waals surface area contributed by atoms with Gasteiger partial charge in [-0.1, -0.05) is 30.3 Å². The van der Waals surface area contributed by atoms with Gasteiger partial charge in [0.1, 0.15) is 6.10 Å². The van der Waals surface area contributed by atoms with Gasteiger partial charge in [-0.2, -0.15) is 0 Å². The Morgan fingerprint density at radius 1 is 1.17 bits per heavy atom. The SMILES string of the molecule is C[C@H](CNC(=O)c1cc(=O)c(O)c(C(=O)O)o1)NC(=O)O[C@@H](C)c1ccccc1. The number of aromatic hydroxyl groups is 1. The Hall–Kier alpha value is -3.82. The zero-order valence-corrected chi connectivity index (χ0v) is 15.7. The lowest BCUT2D eigenvalue weighted by atomic mass is 10.1. The van der Waals surface area contributed by atoms with E-state index in [1.54, 1.807) is 13.8 Å². The average molecular weight is 404 g/mol. The summed E-state index contributed by atoms with van der Waals surface area (Å²) in [6.45, 7) is 3.26. The normalized spacial score (nSPS) is 12.5. The molecule has 2 amide bonds. The van der Waals surface area contributed by atoms with E-state index in [2.05, 4.69) is 10.6 Å². The number of carbonyl (C=O) groups excluding carboxylic acids is 2. The van der Waals surface area contributed by atoms with Crippen LogP contribution >= 0.6 is 0 Å². The van der Waals surface area contributed by atoms with Crippen LogP contribution in [0.1, 0.15) is 46.6 Å². The first-order valence-corrected chi connectivity index (χ1v) is 8.59. The molecule has 0 spiro atoms. The molecule has 10 heteroatoms. The Kier molecular flexibility index (Phi) is 6.96. The number of hydrogen-bond acceptors (Lipinski definition) is 7. The Balaban J connectivity index is 1.89. The van der Waals surface area contributed by atoms with E-state index < -0.39 is 52.8 Å². The fraction of sp³-hybridized carbons (Fsp3) is 0.263. The number of nitrogens with one attached hydrogen (secondary N) is 2. The van der Waals surface area contributed by atoms with Crippen molar-refractivity contribution in [3.63, 3.8) is 0 Å². The van der Waals surface area contributed by atoms with Crippen molar-refractivity contribution >= 4 is 18.0 Å². The van der Waals surface area contributed by atoms with E-state index >= 15 is 0 Å². The molecular weight excluding hydrogens is 384 g/mol. The third-order valence-corrected chi connectivity index (χ3v) is 3.83. The standard InChI is InChI=1S/C19H20N2O8/c1-10(21-19(27)28-11(2)12-6-4-3-5-7-12)9-20-17(24)14-8-13(22)15(23)16(29-14)18(25)26/h3-8,10-11,23H,9H2,1-2H3,(H,20,24)(H,21,27)(H,25,26)/t10-,11+/m1/s1. The van der Waals surface area contributed by atoms with Gasteiger partial charge in [-0.15, -0.1) is 0 Å². The van der Waals surface area contributed by atoms with E-state index in [0.29, 0.717) is 6.07 Å².